The van der Waals surface area contributed by atoms with Gasteiger partial charge in [0, 0.05) is 18.8 Å². The predicted molar refractivity (Wildman–Crippen MR) is 86.3 cm³/mol. The predicted octanol–water partition coefficient (Wildman–Crippen LogP) is 3.13. The molecule has 2 rings (SSSR count). The van der Waals surface area contributed by atoms with Gasteiger partial charge in [-0.15, -0.1) is 0 Å². The maximum Gasteiger partial charge on any atom is 0.416 e. The highest BCUT2D eigenvalue weighted by atomic mass is 19.4. The van der Waals surface area contributed by atoms with Gasteiger partial charge in [-0.2, -0.15) is 13.2 Å². The molecule has 1 aliphatic heterocycles. The van der Waals surface area contributed by atoms with Crippen LogP contribution in [0.4, 0.5) is 13.2 Å². The summed E-state index contributed by atoms with van der Waals surface area (Å²) in [5, 5.41) is 0. The lowest BCUT2D eigenvalue weighted by atomic mass is 10.1. The van der Waals surface area contributed by atoms with Crippen LogP contribution < -0.4 is 5.73 Å². The third-order valence-electron chi connectivity index (χ3n) is 3.72. The number of hydrogen-bond acceptors (Lipinski definition) is 4. The van der Waals surface area contributed by atoms with Gasteiger partial charge in [-0.05, 0) is 38.5 Å². The Bertz CT molecular complexity index is 703. The van der Waals surface area contributed by atoms with Crippen LogP contribution in [-0.2, 0) is 17.5 Å². The number of amidine groups is 1. The van der Waals surface area contributed by atoms with Crippen molar-refractivity contribution in [1.29, 1.82) is 0 Å². The van der Waals surface area contributed by atoms with E-state index < -0.39 is 11.7 Å². The molecule has 2 N–H and O–H groups in total. The number of carbonyl (C=O) groups excluding carboxylic acids is 1. The molecule has 0 bridgehead atoms. The van der Waals surface area contributed by atoms with Gasteiger partial charge < -0.3 is 10.6 Å². The van der Waals surface area contributed by atoms with Crippen molar-refractivity contribution < 1.29 is 18.0 Å². The monoisotopic (exact) mass is 339 g/mol. The molecule has 7 heteroatoms. The number of aliphatic imine (C=N–C) groups is 1. The molecule has 1 heterocycles. The molecule has 24 heavy (non-hydrogen) atoms. The minimum atomic E-state index is -4.39. The fourth-order valence-electron chi connectivity index (χ4n) is 2.78. The Morgan fingerprint density at radius 1 is 1.38 bits per heavy atom. The molecule has 0 aliphatic carbocycles. The van der Waals surface area contributed by atoms with E-state index in [9.17, 15) is 18.0 Å². The Hall–Kier alpha value is -2.31. The van der Waals surface area contributed by atoms with Gasteiger partial charge in [0.2, 0.25) is 0 Å². The van der Waals surface area contributed by atoms with E-state index >= 15 is 0 Å². The van der Waals surface area contributed by atoms with Crippen molar-refractivity contribution in [1.82, 2.24) is 4.90 Å². The Labute approximate surface area is 138 Å². The zero-order valence-electron chi connectivity index (χ0n) is 13.8. The lowest BCUT2D eigenvalue weighted by molar-refractivity contribution is -0.137. The van der Waals surface area contributed by atoms with Crippen LogP contribution in [0.15, 0.2) is 40.5 Å². The van der Waals surface area contributed by atoms with Gasteiger partial charge in [0.25, 0.3) is 0 Å². The first-order valence-electron chi connectivity index (χ1n) is 7.56. The van der Waals surface area contributed by atoms with Crippen molar-refractivity contribution in [3.8, 4) is 0 Å². The van der Waals surface area contributed by atoms with E-state index in [4.69, 9.17) is 5.73 Å². The number of ketones is 1. The van der Waals surface area contributed by atoms with Gasteiger partial charge in [-0.25, -0.2) is 0 Å². The third-order valence-corrected chi connectivity index (χ3v) is 3.72. The molecule has 1 aliphatic rings. The largest absolute Gasteiger partial charge is 0.416 e. The molecule has 0 spiro atoms. The molecule has 0 saturated heterocycles. The molecule has 130 valence electrons. The van der Waals surface area contributed by atoms with E-state index in [-0.39, 0.29) is 18.4 Å². The Morgan fingerprint density at radius 2 is 2.04 bits per heavy atom. The fraction of sp³-hybridized carbons (Fsp3) is 0.412. The van der Waals surface area contributed by atoms with E-state index in [1.807, 2.05) is 6.92 Å². The number of rotatable bonds is 4. The number of alkyl halides is 3. The number of nitrogens with two attached hydrogens (primary N) is 1. The molecular weight excluding hydrogens is 319 g/mol. The summed E-state index contributed by atoms with van der Waals surface area (Å²) in [4.78, 5) is 18.1. The highest BCUT2D eigenvalue weighted by molar-refractivity contribution is 6.21. The van der Waals surface area contributed by atoms with Crippen molar-refractivity contribution in [3.63, 3.8) is 0 Å². The van der Waals surface area contributed by atoms with Gasteiger partial charge in [0.05, 0.1) is 17.2 Å². The topological polar surface area (TPSA) is 58.7 Å². The molecule has 1 unspecified atom stereocenters. The Kier molecular flexibility index (Phi) is 5.01. The van der Waals surface area contributed by atoms with Crippen molar-refractivity contribution >= 4 is 11.6 Å². The first-order valence-corrected chi connectivity index (χ1v) is 7.56. The summed E-state index contributed by atoms with van der Waals surface area (Å²) >= 11 is 0. The molecule has 0 aromatic heterocycles. The first-order chi connectivity index (χ1) is 11.1. The minimum Gasteiger partial charge on any atom is -0.402 e. The van der Waals surface area contributed by atoms with Crippen molar-refractivity contribution in [2.45, 2.75) is 39.5 Å². The second-order valence-electron chi connectivity index (χ2n) is 5.99. The maximum atomic E-state index is 12.9. The van der Waals surface area contributed by atoms with Crippen LogP contribution in [0.2, 0.25) is 0 Å². The molecule has 0 saturated carbocycles. The fourth-order valence-corrected chi connectivity index (χ4v) is 2.78. The SMILES string of the molecule is CC(=O)C(C1=NC(C)CN1Cc1cccc(C(F)(F)F)c1)=C(C)N. The lowest BCUT2D eigenvalue weighted by Crippen LogP contribution is -2.32. The number of hydrogen-bond donors (Lipinski definition) is 1. The summed E-state index contributed by atoms with van der Waals surface area (Å²) in [6.45, 7) is 5.66. The van der Waals surface area contributed by atoms with Crippen LogP contribution in [0.25, 0.3) is 0 Å². The van der Waals surface area contributed by atoms with Crippen molar-refractivity contribution in [2.24, 2.45) is 10.7 Å². The van der Waals surface area contributed by atoms with E-state index in [0.717, 1.165) is 12.1 Å². The summed E-state index contributed by atoms with van der Waals surface area (Å²) < 4.78 is 38.6. The third kappa shape index (κ3) is 3.96. The van der Waals surface area contributed by atoms with Gasteiger partial charge in [0.15, 0.2) is 5.78 Å². The van der Waals surface area contributed by atoms with Gasteiger partial charge in [0.1, 0.15) is 5.84 Å². The summed E-state index contributed by atoms with van der Waals surface area (Å²) in [5.74, 6) is 0.240. The number of carbonyl (C=O) groups is 1. The van der Waals surface area contributed by atoms with Crippen LogP contribution in [0.3, 0.4) is 0 Å². The first kappa shape index (κ1) is 18.0. The summed E-state index contributed by atoms with van der Waals surface area (Å²) in [6, 6.07) is 5.11. The van der Waals surface area contributed by atoms with Crippen molar-refractivity contribution in [3.05, 3.63) is 46.7 Å². The normalized spacial score (nSPS) is 19.2. The van der Waals surface area contributed by atoms with Crippen LogP contribution in [0.1, 0.15) is 31.9 Å². The molecule has 1 aromatic carbocycles. The van der Waals surface area contributed by atoms with Crippen LogP contribution in [-0.4, -0.2) is 29.1 Å². The number of benzene rings is 1. The van der Waals surface area contributed by atoms with Gasteiger partial charge in [-0.3, -0.25) is 9.79 Å². The maximum absolute atomic E-state index is 12.9. The number of nitrogens with zero attached hydrogens (tertiary/aromatic N) is 2. The zero-order chi connectivity index (χ0) is 18.1. The second kappa shape index (κ2) is 6.67. The standard InChI is InChI=1S/C17H20F3N3O/c1-10-8-23(16(22-10)15(11(2)21)12(3)24)9-13-5-4-6-14(7-13)17(18,19)20/h4-7,10H,8-9,21H2,1-3H3. The number of halogens is 3. The quantitative estimate of drug-likeness (QED) is 0.858. The number of Topliss-reactive ketones (excluding diaryl/α,β-unsaturated/α-hetero) is 1. The summed E-state index contributed by atoms with van der Waals surface area (Å²) in [6.07, 6.45) is -4.39. The molecule has 0 amide bonds. The molecule has 0 fully saturated rings. The summed E-state index contributed by atoms with van der Waals surface area (Å²) in [5.41, 5.74) is 6.29. The van der Waals surface area contributed by atoms with E-state index in [2.05, 4.69) is 4.99 Å². The van der Waals surface area contributed by atoms with Gasteiger partial charge in [-0.1, -0.05) is 12.1 Å². The van der Waals surface area contributed by atoms with E-state index in [0.29, 0.717) is 29.2 Å². The van der Waals surface area contributed by atoms with E-state index in [1.54, 1.807) is 17.9 Å². The van der Waals surface area contributed by atoms with Crippen LogP contribution >= 0.6 is 0 Å². The highest BCUT2D eigenvalue weighted by Crippen LogP contribution is 2.30. The smallest absolute Gasteiger partial charge is 0.402 e. The second-order valence-corrected chi connectivity index (χ2v) is 5.99. The lowest BCUT2D eigenvalue weighted by Gasteiger charge is -2.23. The van der Waals surface area contributed by atoms with Crippen LogP contribution in [0.5, 0.6) is 0 Å². The Balaban J connectivity index is 2.31. The molecule has 1 atom stereocenters. The highest BCUT2D eigenvalue weighted by Gasteiger charge is 2.31. The average molecular weight is 339 g/mol. The molecule has 0 radical (unpaired) electrons. The zero-order valence-corrected chi connectivity index (χ0v) is 13.8. The van der Waals surface area contributed by atoms with E-state index in [1.165, 1.54) is 13.0 Å². The minimum absolute atomic E-state index is 0.0560. The van der Waals surface area contributed by atoms with Crippen LogP contribution in [0, 0.1) is 0 Å². The summed E-state index contributed by atoms with van der Waals surface area (Å²) in [7, 11) is 0. The van der Waals surface area contributed by atoms with Crippen molar-refractivity contribution in [2.75, 3.05) is 6.54 Å². The van der Waals surface area contributed by atoms with Gasteiger partial charge >= 0.3 is 6.18 Å². The Morgan fingerprint density at radius 3 is 2.58 bits per heavy atom. The average Bonchev–Trinajstić information content (AvgIpc) is 2.78. The molecule has 1 aromatic rings. The molecule has 4 nitrogen and oxygen atoms in total. The molecular formula is C17H20F3N3O. The number of allylic oxidation sites excluding steroid dienone is 1.